The highest BCUT2D eigenvalue weighted by Crippen LogP contribution is 2.38. The summed E-state index contributed by atoms with van der Waals surface area (Å²) in [5.41, 5.74) is 2.41. The third-order valence-electron chi connectivity index (χ3n) is 3.89. The van der Waals surface area contributed by atoms with Crippen molar-refractivity contribution in [1.82, 2.24) is 0 Å². The molecule has 0 amide bonds. The van der Waals surface area contributed by atoms with Crippen molar-refractivity contribution in [2.45, 2.75) is 19.4 Å². The van der Waals surface area contributed by atoms with Crippen molar-refractivity contribution in [2.24, 2.45) is 0 Å². The number of rotatable bonds is 2. The molecule has 2 aromatic carbocycles. The van der Waals surface area contributed by atoms with Gasteiger partial charge in [-0.3, -0.25) is 0 Å². The van der Waals surface area contributed by atoms with Crippen LogP contribution < -0.4 is 4.90 Å². The highest BCUT2D eigenvalue weighted by Gasteiger charge is 2.26. The van der Waals surface area contributed by atoms with Gasteiger partial charge in [0.25, 0.3) is 0 Å². The molecule has 1 atom stereocenters. The molecule has 0 radical (unpaired) electrons. The van der Waals surface area contributed by atoms with Gasteiger partial charge in [-0.05, 0) is 49.2 Å². The Labute approximate surface area is 116 Å². The largest absolute Gasteiger partial charge is 0.508 e. The minimum absolute atomic E-state index is 0.0590. The summed E-state index contributed by atoms with van der Waals surface area (Å²) in [5, 5.41) is 9.90. The van der Waals surface area contributed by atoms with Crippen molar-refractivity contribution in [2.75, 3.05) is 11.4 Å². The first-order valence-electron chi connectivity index (χ1n) is 6.60. The number of hydrogen-bond acceptors (Lipinski definition) is 2. The molecule has 4 heteroatoms. The molecule has 1 aliphatic rings. The van der Waals surface area contributed by atoms with Gasteiger partial charge in [0.1, 0.15) is 17.4 Å². The van der Waals surface area contributed by atoms with Crippen LogP contribution in [-0.4, -0.2) is 11.7 Å². The van der Waals surface area contributed by atoms with Crippen LogP contribution in [0.4, 0.5) is 14.5 Å². The van der Waals surface area contributed by atoms with Crippen molar-refractivity contribution in [3.05, 3.63) is 59.2 Å². The average molecular weight is 275 g/mol. The molecule has 0 aliphatic carbocycles. The minimum atomic E-state index is -0.386. The van der Waals surface area contributed by atoms with Crippen LogP contribution in [0.5, 0.6) is 5.75 Å². The predicted molar refractivity (Wildman–Crippen MR) is 73.9 cm³/mol. The number of phenols is 1. The zero-order chi connectivity index (χ0) is 14.3. The fourth-order valence-corrected chi connectivity index (χ4v) is 2.81. The average Bonchev–Trinajstić information content (AvgIpc) is 2.83. The molecule has 0 saturated heterocycles. The summed E-state index contributed by atoms with van der Waals surface area (Å²) < 4.78 is 26.8. The third-order valence-corrected chi connectivity index (χ3v) is 3.89. The Hall–Kier alpha value is -2.10. The molecule has 1 unspecified atom stereocenters. The van der Waals surface area contributed by atoms with Crippen LogP contribution in [-0.2, 0) is 6.42 Å². The zero-order valence-electron chi connectivity index (χ0n) is 11.1. The molecule has 0 fully saturated rings. The minimum Gasteiger partial charge on any atom is -0.508 e. The van der Waals surface area contributed by atoms with Crippen molar-refractivity contribution in [3.8, 4) is 5.75 Å². The lowest BCUT2D eigenvalue weighted by Crippen LogP contribution is -2.24. The topological polar surface area (TPSA) is 23.5 Å². The molecule has 104 valence electrons. The van der Waals surface area contributed by atoms with E-state index >= 15 is 0 Å². The van der Waals surface area contributed by atoms with Gasteiger partial charge in [-0.25, -0.2) is 8.78 Å². The molecule has 1 aliphatic heterocycles. The molecule has 2 nitrogen and oxygen atoms in total. The van der Waals surface area contributed by atoms with Gasteiger partial charge < -0.3 is 10.0 Å². The zero-order valence-corrected chi connectivity index (χ0v) is 11.1. The number of nitrogens with zero attached hydrogens (tertiary/aromatic N) is 1. The highest BCUT2D eigenvalue weighted by atomic mass is 19.1. The molecule has 0 aromatic heterocycles. The fraction of sp³-hybridized carbons (Fsp3) is 0.250. The number of fused-ring (bicyclic) bond motifs is 1. The standard InChI is InChI=1S/C16H15F2NO/c1-10(14-8-12(17)4-5-16(14)20)19-7-6-11-2-3-13(18)9-15(11)19/h2-5,8-10,20H,6-7H2,1H3. The van der Waals surface area contributed by atoms with Crippen molar-refractivity contribution < 1.29 is 13.9 Å². The summed E-state index contributed by atoms with van der Waals surface area (Å²) in [7, 11) is 0. The Balaban J connectivity index is 1.99. The summed E-state index contributed by atoms with van der Waals surface area (Å²) in [6.45, 7) is 2.62. The van der Waals surface area contributed by atoms with Crippen LogP contribution in [0.2, 0.25) is 0 Å². The van der Waals surface area contributed by atoms with Crippen LogP contribution >= 0.6 is 0 Å². The number of aromatic hydroxyl groups is 1. The van der Waals surface area contributed by atoms with E-state index < -0.39 is 0 Å². The van der Waals surface area contributed by atoms with Gasteiger partial charge in [-0.1, -0.05) is 6.07 Å². The smallest absolute Gasteiger partial charge is 0.125 e. The van der Waals surface area contributed by atoms with Crippen LogP contribution in [0.25, 0.3) is 0 Å². The fourth-order valence-electron chi connectivity index (χ4n) is 2.81. The van der Waals surface area contributed by atoms with E-state index in [0.717, 1.165) is 24.2 Å². The lowest BCUT2D eigenvalue weighted by atomic mass is 10.1. The first kappa shape index (κ1) is 12.9. The Morgan fingerprint density at radius 3 is 2.60 bits per heavy atom. The summed E-state index contributed by atoms with van der Waals surface area (Å²) in [5.74, 6) is -0.613. The Kier molecular flexibility index (Phi) is 3.08. The van der Waals surface area contributed by atoms with Crippen molar-refractivity contribution in [1.29, 1.82) is 0 Å². The molecule has 3 rings (SSSR count). The van der Waals surface area contributed by atoms with Crippen LogP contribution in [0.15, 0.2) is 36.4 Å². The number of hydrogen-bond donors (Lipinski definition) is 1. The molecule has 1 N–H and O–H groups in total. The first-order chi connectivity index (χ1) is 9.56. The molecular weight excluding hydrogens is 260 g/mol. The van der Waals surface area contributed by atoms with E-state index in [4.69, 9.17) is 0 Å². The first-order valence-corrected chi connectivity index (χ1v) is 6.60. The van der Waals surface area contributed by atoms with E-state index in [-0.39, 0.29) is 23.4 Å². The maximum Gasteiger partial charge on any atom is 0.125 e. The Bertz CT molecular complexity index is 657. The summed E-state index contributed by atoms with van der Waals surface area (Å²) >= 11 is 0. The molecule has 20 heavy (non-hydrogen) atoms. The molecule has 1 heterocycles. The molecule has 2 aromatic rings. The lowest BCUT2D eigenvalue weighted by Gasteiger charge is -2.28. The molecule has 0 saturated carbocycles. The lowest BCUT2D eigenvalue weighted by molar-refractivity contribution is 0.458. The summed E-state index contributed by atoms with van der Waals surface area (Å²) in [6.07, 6.45) is 0.829. The van der Waals surface area contributed by atoms with E-state index in [1.807, 2.05) is 11.8 Å². The van der Waals surface area contributed by atoms with Gasteiger partial charge in [0.2, 0.25) is 0 Å². The van der Waals surface area contributed by atoms with Gasteiger partial charge in [0.05, 0.1) is 6.04 Å². The van der Waals surface area contributed by atoms with E-state index in [9.17, 15) is 13.9 Å². The van der Waals surface area contributed by atoms with E-state index in [2.05, 4.69) is 0 Å². The van der Waals surface area contributed by atoms with Gasteiger partial charge in [0.15, 0.2) is 0 Å². The van der Waals surface area contributed by atoms with Gasteiger partial charge in [-0.2, -0.15) is 0 Å². The number of phenolic OH excluding ortho intramolecular Hbond substituents is 1. The summed E-state index contributed by atoms with van der Waals surface area (Å²) in [4.78, 5) is 1.99. The second kappa shape index (κ2) is 4.78. The maximum absolute atomic E-state index is 13.4. The Morgan fingerprint density at radius 2 is 1.80 bits per heavy atom. The van der Waals surface area contributed by atoms with Crippen molar-refractivity contribution in [3.63, 3.8) is 0 Å². The van der Waals surface area contributed by atoms with Crippen LogP contribution in [0.3, 0.4) is 0 Å². The van der Waals surface area contributed by atoms with Gasteiger partial charge >= 0.3 is 0 Å². The normalized spacial score (nSPS) is 15.2. The SMILES string of the molecule is CC(c1cc(F)ccc1O)N1CCc2ccc(F)cc21. The second-order valence-electron chi connectivity index (χ2n) is 5.10. The maximum atomic E-state index is 13.4. The molecule has 0 bridgehead atoms. The summed E-state index contributed by atoms with van der Waals surface area (Å²) in [6, 6.07) is 8.42. The Morgan fingerprint density at radius 1 is 1.10 bits per heavy atom. The van der Waals surface area contributed by atoms with E-state index in [1.165, 1.54) is 30.3 Å². The van der Waals surface area contributed by atoms with E-state index in [1.54, 1.807) is 6.07 Å². The van der Waals surface area contributed by atoms with Crippen molar-refractivity contribution >= 4 is 5.69 Å². The predicted octanol–water partition coefficient (Wildman–Crippen LogP) is 3.79. The van der Waals surface area contributed by atoms with Gasteiger partial charge in [-0.15, -0.1) is 0 Å². The monoisotopic (exact) mass is 275 g/mol. The van der Waals surface area contributed by atoms with E-state index in [0.29, 0.717) is 5.56 Å². The quantitative estimate of drug-likeness (QED) is 0.901. The molecule has 0 spiro atoms. The number of halogens is 2. The van der Waals surface area contributed by atoms with Crippen LogP contribution in [0, 0.1) is 11.6 Å². The molecular formula is C16H15F2NO. The van der Waals surface area contributed by atoms with Crippen LogP contribution in [0.1, 0.15) is 24.1 Å². The third kappa shape index (κ3) is 2.11. The second-order valence-corrected chi connectivity index (χ2v) is 5.10. The highest BCUT2D eigenvalue weighted by molar-refractivity contribution is 5.60. The van der Waals surface area contributed by atoms with Gasteiger partial charge in [0, 0.05) is 17.8 Å². The number of anilines is 1. The number of benzene rings is 2.